The van der Waals surface area contributed by atoms with Crippen LogP contribution < -0.4 is 0 Å². The van der Waals surface area contributed by atoms with Crippen molar-refractivity contribution >= 4 is 19.8 Å². The van der Waals surface area contributed by atoms with Gasteiger partial charge in [0, 0.05) is 12.8 Å². The number of carbonyl (C=O) groups excluding carboxylic acids is 2. The van der Waals surface area contributed by atoms with Crippen molar-refractivity contribution in [1.29, 1.82) is 0 Å². The van der Waals surface area contributed by atoms with E-state index in [4.69, 9.17) is 18.5 Å². The third-order valence-electron chi connectivity index (χ3n) is 9.11. The second-order valence-corrected chi connectivity index (χ2v) is 16.8. The first-order valence-electron chi connectivity index (χ1n) is 20.8. The molecule has 2 atom stereocenters. The van der Waals surface area contributed by atoms with E-state index in [0.29, 0.717) is 23.9 Å². The molecular weight excluding hydrogens is 653 g/mol. The minimum atomic E-state index is -4.33. The summed E-state index contributed by atoms with van der Waals surface area (Å²) in [6.45, 7) is 4.05. The minimum Gasteiger partial charge on any atom is -0.462 e. The van der Waals surface area contributed by atoms with Gasteiger partial charge in [0.1, 0.15) is 19.8 Å². The van der Waals surface area contributed by atoms with Gasteiger partial charge in [-0.2, -0.15) is 0 Å². The molecule has 0 radical (unpaired) electrons. The molecule has 0 fully saturated rings. The van der Waals surface area contributed by atoms with Crippen LogP contribution in [0.4, 0.5) is 0 Å². The van der Waals surface area contributed by atoms with Gasteiger partial charge in [-0.05, 0) is 12.8 Å². The number of phosphoric acid groups is 1. The molecule has 10 heteroatoms. The molecule has 1 N–H and O–H groups in total. The first-order valence-corrected chi connectivity index (χ1v) is 22.3. The average Bonchev–Trinajstić information content (AvgIpc) is 3.05. The zero-order chi connectivity index (χ0) is 37.2. The van der Waals surface area contributed by atoms with Crippen molar-refractivity contribution < 1.29 is 42.1 Å². The Morgan fingerprint density at radius 1 is 0.540 bits per heavy atom. The molecule has 0 bridgehead atoms. The highest BCUT2D eigenvalue weighted by Crippen LogP contribution is 2.43. The summed E-state index contributed by atoms with van der Waals surface area (Å²) in [6.07, 6.45) is 33.5. The van der Waals surface area contributed by atoms with Gasteiger partial charge in [-0.1, -0.05) is 168 Å². The topological polar surface area (TPSA) is 108 Å². The van der Waals surface area contributed by atoms with Crippen molar-refractivity contribution in [2.45, 2.75) is 200 Å². The van der Waals surface area contributed by atoms with Crippen LogP contribution in [-0.2, 0) is 32.7 Å². The number of rotatable bonds is 38. The molecular formula is C40H81NO8P+. The molecule has 0 saturated heterocycles. The van der Waals surface area contributed by atoms with Crippen molar-refractivity contribution in [3.8, 4) is 0 Å². The predicted octanol–water partition coefficient (Wildman–Crippen LogP) is 11.2. The van der Waals surface area contributed by atoms with Crippen LogP contribution in [-0.4, -0.2) is 74.9 Å². The zero-order valence-electron chi connectivity index (χ0n) is 33.4. The fourth-order valence-corrected chi connectivity index (χ4v) is 6.62. The van der Waals surface area contributed by atoms with Crippen molar-refractivity contribution in [2.75, 3.05) is 47.5 Å². The lowest BCUT2D eigenvalue weighted by Gasteiger charge is -2.24. The standard InChI is InChI=1S/C40H80NO8P/c1-6-8-9-10-11-12-13-14-15-16-17-18-19-20-21-22-23-24-25-26-27-28-29-30-31-33-39(42)46-36-38(49-40(43)32-7-2)37-48-50(44,45)47-35-34-41(3,4)5/h38H,6-37H2,1-5H3/p+1/t38-/m1/s1. The maximum absolute atomic E-state index is 12.3. The van der Waals surface area contributed by atoms with Crippen LogP contribution in [0.5, 0.6) is 0 Å². The lowest BCUT2D eigenvalue weighted by molar-refractivity contribution is -0.870. The van der Waals surface area contributed by atoms with Crippen molar-refractivity contribution in [3.05, 3.63) is 0 Å². The number of esters is 2. The van der Waals surface area contributed by atoms with Gasteiger partial charge in [0.2, 0.25) is 0 Å². The zero-order valence-corrected chi connectivity index (χ0v) is 34.3. The van der Waals surface area contributed by atoms with Gasteiger partial charge >= 0.3 is 19.8 Å². The van der Waals surface area contributed by atoms with E-state index >= 15 is 0 Å². The van der Waals surface area contributed by atoms with Gasteiger partial charge in [-0.25, -0.2) is 4.57 Å². The van der Waals surface area contributed by atoms with Gasteiger partial charge < -0.3 is 18.9 Å². The molecule has 0 spiro atoms. The van der Waals surface area contributed by atoms with Crippen LogP contribution in [0.3, 0.4) is 0 Å². The Bertz CT molecular complexity index is 835. The summed E-state index contributed by atoms with van der Waals surface area (Å²) >= 11 is 0. The summed E-state index contributed by atoms with van der Waals surface area (Å²) < 4.78 is 33.5. The minimum absolute atomic E-state index is 0.0339. The maximum Gasteiger partial charge on any atom is 0.472 e. The number of quaternary nitrogens is 1. The van der Waals surface area contributed by atoms with Crippen molar-refractivity contribution in [2.24, 2.45) is 0 Å². The third-order valence-corrected chi connectivity index (χ3v) is 10.1. The molecule has 298 valence electrons. The molecule has 0 amide bonds. The van der Waals surface area contributed by atoms with Gasteiger partial charge in [-0.15, -0.1) is 0 Å². The highest BCUT2D eigenvalue weighted by Gasteiger charge is 2.27. The summed E-state index contributed by atoms with van der Waals surface area (Å²) in [4.78, 5) is 34.3. The highest BCUT2D eigenvalue weighted by molar-refractivity contribution is 7.47. The fraction of sp³-hybridized carbons (Fsp3) is 0.950. The summed E-state index contributed by atoms with van der Waals surface area (Å²) in [5, 5.41) is 0. The van der Waals surface area contributed by atoms with E-state index in [0.717, 1.165) is 19.3 Å². The molecule has 50 heavy (non-hydrogen) atoms. The van der Waals surface area contributed by atoms with Gasteiger partial charge in [0.25, 0.3) is 0 Å². The fourth-order valence-electron chi connectivity index (χ4n) is 5.88. The van der Waals surface area contributed by atoms with Crippen LogP contribution in [0.15, 0.2) is 0 Å². The normalized spacial score (nSPS) is 13.6. The largest absolute Gasteiger partial charge is 0.472 e. The van der Waals surface area contributed by atoms with Gasteiger partial charge in [0.05, 0.1) is 27.7 Å². The van der Waals surface area contributed by atoms with E-state index < -0.39 is 26.5 Å². The molecule has 1 unspecified atom stereocenters. The van der Waals surface area contributed by atoms with E-state index in [1.54, 1.807) is 0 Å². The number of nitrogens with zero attached hydrogens (tertiary/aromatic N) is 1. The van der Waals surface area contributed by atoms with Crippen molar-refractivity contribution in [1.82, 2.24) is 0 Å². The summed E-state index contributed by atoms with van der Waals surface area (Å²) in [6, 6.07) is 0. The first kappa shape index (κ1) is 49.0. The third kappa shape index (κ3) is 36.8. The monoisotopic (exact) mass is 735 g/mol. The lowest BCUT2D eigenvalue weighted by Crippen LogP contribution is -2.37. The molecule has 0 heterocycles. The molecule has 0 saturated carbocycles. The number of phosphoric ester groups is 1. The predicted molar refractivity (Wildman–Crippen MR) is 206 cm³/mol. The van der Waals surface area contributed by atoms with E-state index in [1.165, 1.54) is 141 Å². The van der Waals surface area contributed by atoms with Gasteiger partial charge in [0.15, 0.2) is 6.10 Å². The Morgan fingerprint density at radius 2 is 0.940 bits per heavy atom. The Kier molecular flexibility index (Phi) is 33.2. The molecule has 9 nitrogen and oxygen atoms in total. The number of hydrogen-bond acceptors (Lipinski definition) is 7. The van der Waals surface area contributed by atoms with Gasteiger partial charge in [-0.3, -0.25) is 18.6 Å². The Balaban J connectivity index is 3.73. The first-order chi connectivity index (χ1) is 24.0. The smallest absolute Gasteiger partial charge is 0.462 e. The van der Waals surface area contributed by atoms with Crippen molar-refractivity contribution in [3.63, 3.8) is 0 Å². The molecule has 0 rings (SSSR count). The number of hydrogen-bond donors (Lipinski definition) is 1. The molecule has 0 aromatic carbocycles. The molecule has 0 aromatic rings. The maximum atomic E-state index is 12.3. The van der Waals surface area contributed by atoms with E-state index in [1.807, 2.05) is 28.1 Å². The van der Waals surface area contributed by atoms with Crippen LogP contribution in [0, 0.1) is 0 Å². The second-order valence-electron chi connectivity index (χ2n) is 15.4. The van der Waals surface area contributed by atoms with E-state index in [2.05, 4.69) is 6.92 Å². The molecule has 0 aliphatic carbocycles. The number of unbranched alkanes of at least 4 members (excludes halogenated alkanes) is 24. The van der Waals surface area contributed by atoms with Crippen LogP contribution in [0.2, 0.25) is 0 Å². The van der Waals surface area contributed by atoms with Crippen LogP contribution in [0.1, 0.15) is 194 Å². The molecule has 0 aliphatic rings. The lowest BCUT2D eigenvalue weighted by atomic mass is 10.0. The van der Waals surface area contributed by atoms with E-state index in [-0.39, 0.29) is 25.6 Å². The number of ether oxygens (including phenoxy) is 2. The highest BCUT2D eigenvalue weighted by atomic mass is 31.2. The average molecular weight is 735 g/mol. The Hall–Kier alpha value is -0.990. The van der Waals surface area contributed by atoms with E-state index in [9.17, 15) is 19.0 Å². The number of carbonyl (C=O) groups is 2. The Labute approximate surface area is 308 Å². The van der Waals surface area contributed by atoms with Crippen LogP contribution >= 0.6 is 7.82 Å². The quantitative estimate of drug-likeness (QED) is 0.0289. The summed E-state index contributed by atoms with van der Waals surface area (Å²) in [5.41, 5.74) is 0. The SMILES string of the molecule is CCCCCCCCCCCCCCCCCCCCCCCCCCCC(=O)OC[C@H](COP(=O)(O)OCC[N+](C)(C)C)OC(=O)CCC. The molecule has 0 aromatic heterocycles. The number of likely N-dealkylation sites (N-methyl/N-ethyl adjacent to an activating group) is 1. The molecule has 0 aliphatic heterocycles. The summed E-state index contributed by atoms with van der Waals surface area (Å²) in [5.74, 6) is -0.849. The Morgan fingerprint density at radius 3 is 1.32 bits per heavy atom. The van der Waals surface area contributed by atoms with Crippen LogP contribution in [0.25, 0.3) is 0 Å². The summed E-state index contributed by atoms with van der Waals surface area (Å²) in [7, 11) is 1.48. The second kappa shape index (κ2) is 33.8.